The summed E-state index contributed by atoms with van der Waals surface area (Å²) in [5, 5.41) is 23.0. The number of morpholine rings is 1. The number of benzene rings is 1. The zero-order chi connectivity index (χ0) is 26.1. The average Bonchev–Trinajstić information content (AvgIpc) is 3.37. The number of aliphatic hydroxyl groups is 1. The number of nitro groups is 1. The van der Waals surface area contributed by atoms with Gasteiger partial charge in [0, 0.05) is 44.5 Å². The number of hydrogen-bond donors (Lipinski definition) is 1. The zero-order valence-electron chi connectivity index (χ0n) is 20.4. The van der Waals surface area contributed by atoms with Gasteiger partial charge in [0.15, 0.2) is 5.76 Å². The zero-order valence-corrected chi connectivity index (χ0v) is 20.4. The summed E-state index contributed by atoms with van der Waals surface area (Å²) in [6.45, 7) is 5.55. The van der Waals surface area contributed by atoms with Crippen LogP contribution in [0.5, 0.6) is 0 Å². The molecule has 11 heteroatoms. The van der Waals surface area contributed by atoms with Gasteiger partial charge in [-0.3, -0.25) is 29.0 Å². The van der Waals surface area contributed by atoms with Gasteiger partial charge >= 0.3 is 0 Å². The summed E-state index contributed by atoms with van der Waals surface area (Å²) in [5.74, 6) is -1.93. The van der Waals surface area contributed by atoms with Gasteiger partial charge in [-0.25, -0.2) is 4.98 Å². The monoisotopic (exact) mass is 505 g/mol. The number of Topliss-reactive ketones (excluding diaryl/α,β-unsaturated/α-hetero) is 1. The van der Waals surface area contributed by atoms with Crippen molar-refractivity contribution in [2.24, 2.45) is 0 Å². The van der Waals surface area contributed by atoms with Gasteiger partial charge in [0.25, 0.3) is 17.4 Å². The van der Waals surface area contributed by atoms with Crippen LogP contribution in [-0.4, -0.2) is 80.3 Å². The molecule has 11 nitrogen and oxygen atoms in total. The maximum absolute atomic E-state index is 13.4. The fourth-order valence-corrected chi connectivity index (χ4v) is 5.08. The summed E-state index contributed by atoms with van der Waals surface area (Å²) in [5.41, 5.74) is 1.48. The van der Waals surface area contributed by atoms with Gasteiger partial charge in [0.05, 0.1) is 35.4 Å². The lowest BCUT2D eigenvalue weighted by Gasteiger charge is -2.29. The van der Waals surface area contributed by atoms with Gasteiger partial charge in [-0.05, 0) is 31.0 Å². The summed E-state index contributed by atoms with van der Waals surface area (Å²) < 4.78 is 7.04. The van der Waals surface area contributed by atoms with Crippen LogP contribution in [0, 0.1) is 17.0 Å². The van der Waals surface area contributed by atoms with Crippen molar-refractivity contribution in [2.75, 3.05) is 39.4 Å². The van der Waals surface area contributed by atoms with Gasteiger partial charge in [0.2, 0.25) is 0 Å². The predicted molar refractivity (Wildman–Crippen MR) is 134 cm³/mol. The Morgan fingerprint density at radius 1 is 1.16 bits per heavy atom. The second kappa shape index (κ2) is 10.1. The number of ketones is 1. The van der Waals surface area contributed by atoms with E-state index < -0.39 is 22.7 Å². The van der Waals surface area contributed by atoms with Crippen molar-refractivity contribution >= 4 is 28.8 Å². The number of hydrogen-bond acceptors (Lipinski definition) is 8. The molecule has 2 aromatic heterocycles. The molecule has 1 N–H and O–H groups in total. The Kier molecular flexibility index (Phi) is 6.72. The highest BCUT2D eigenvalue weighted by molar-refractivity contribution is 6.46. The Morgan fingerprint density at radius 2 is 1.95 bits per heavy atom. The first-order valence-electron chi connectivity index (χ1n) is 12.1. The molecule has 2 aliphatic rings. The summed E-state index contributed by atoms with van der Waals surface area (Å²) in [4.78, 5) is 45.7. The number of rotatable bonds is 7. The number of imidazole rings is 1. The molecule has 37 heavy (non-hydrogen) atoms. The number of pyridine rings is 1. The Hall–Kier alpha value is -4.09. The van der Waals surface area contributed by atoms with Crippen LogP contribution in [0.1, 0.15) is 29.4 Å². The third-order valence-corrected chi connectivity index (χ3v) is 6.84. The van der Waals surface area contributed by atoms with Crippen molar-refractivity contribution < 1.29 is 24.4 Å². The quantitative estimate of drug-likeness (QED) is 0.171. The minimum atomic E-state index is -0.974. The van der Waals surface area contributed by atoms with E-state index in [0.717, 1.165) is 13.1 Å². The molecule has 1 atom stereocenters. The van der Waals surface area contributed by atoms with E-state index in [-0.39, 0.29) is 23.6 Å². The highest BCUT2D eigenvalue weighted by atomic mass is 16.6. The van der Waals surface area contributed by atoms with Gasteiger partial charge in [-0.15, -0.1) is 0 Å². The van der Waals surface area contributed by atoms with Crippen LogP contribution in [0.4, 0.5) is 5.69 Å². The molecular formula is C26H27N5O6. The number of aryl methyl sites for hydroxylation is 1. The number of likely N-dealkylation sites (tertiary alicyclic amines) is 1. The van der Waals surface area contributed by atoms with E-state index in [1.807, 2.05) is 6.07 Å². The first-order valence-corrected chi connectivity index (χ1v) is 12.1. The van der Waals surface area contributed by atoms with Gasteiger partial charge in [-0.1, -0.05) is 18.2 Å². The van der Waals surface area contributed by atoms with Gasteiger partial charge in [0.1, 0.15) is 11.3 Å². The molecule has 1 aromatic carbocycles. The first-order chi connectivity index (χ1) is 17.9. The second-order valence-corrected chi connectivity index (χ2v) is 9.13. The van der Waals surface area contributed by atoms with Crippen molar-refractivity contribution in [1.29, 1.82) is 0 Å². The largest absolute Gasteiger partial charge is 0.505 e. The van der Waals surface area contributed by atoms with E-state index in [9.17, 15) is 24.8 Å². The minimum Gasteiger partial charge on any atom is -0.505 e. The number of carbonyl (C=O) groups is 2. The first kappa shape index (κ1) is 24.6. The third-order valence-electron chi connectivity index (χ3n) is 6.84. The SMILES string of the molecule is Cc1nc2ccccn2c1C(O)=C1C(=O)C(=O)N(CCCN2CCOCC2)[C@@H]1c1cccc([N+](=O)[O-])c1. The molecule has 0 spiro atoms. The van der Waals surface area contributed by atoms with E-state index in [4.69, 9.17) is 4.74 Å². The molecular weight excluding hydrogens is 478 g/mol. The molecule has 0 aliphatic carbocycles. The molecule has 0 bridgehead atoms. The lowest BCUT2D eigenvalue weighted by molar-refractivity contribution is -0.384. The summed E-state index contributed by atoms with van der Waals surface area (Å²) in [6, 6.07) is 10.2. The summed E-state index contributed by atoms with van der Waals surface area (Å²) >= 11 is 0. The van der Waals surface area contributed by atoms with Crippen molar-refractivity contribution in [3.8, 4) is 0 Å². The minimum absolute atomic E-state index is 0.106. The van der Waals surface area contributed by atoms with Crippen LogP contribution in [-0.2, 0) is 14.3 Å². The molecule has 2 fully saturated rings. The molecule has 3 aromatic rings. The molecule has 4 heterocycles. The molecule has 192 valence electrons. The van der Waals surface area contributed by atoms with Crippen molar-refractivity contribution in [3.05, 3.63) is 81.3 Å². The average molecular weight is 506 g/mol. The maximum atomic E-state index is 13.4. The highest BCUT2D eigenvalue weighted by Crippen LogP contribution is 2.40. The molecule has 2 aliphatic heterocycles. The Bertz CT molecular complexity index is 1410. The van der Waals surface area contributed by atoms with Gasteiger partial charge in [-0.2, -0.15) is 0 Å². The topological polar surface area (TPSA) is 131 Å². The Morgan fingerprint density at radius 3 is 2.70 bits per heavy atom. The third kappa shape index (κ3) is 4.58. The number of aliphatic hydroxyl groups excluding tert-OH is 1. The Labute approximate surface area is 212 Å². The van der Waals surface area contributed by atoms with Crippen molar-refractivity contribution in [1.82, 2.24) is 19.2 Å². The van der Waals surface area contributed by atoms with Crippen LogP contribution in [0.2, 0.25) is 0 Å². The van der Waals surface area contributed by atoms with E-state index in [1.54, 1.807) is 35.7 Å². The fourth-order valence-electron chi connectivity index (χ4n) is 5.08. The van der Waals surface area contributed by atoms with E-state index in [0.29, 0.717) is 48.8 Å². The molecule has 0 unspecified atom stereocenters. The van der Waals surface area contributed by atoms with Crippen LogP contribution in [0.25, 0.3) is 11.4 Å². The van der Waals surface area contributed by atoms with E-state index in [1.165, 1.54) is 23.1 Å². The molecule has 0 saturated carbocycles. The number of nitro benzene ring substituents is 1. The van der Waals surface area contributed by atoms with Crippen molar-refractivity contribution in [2.45, 2.75) is 19.4 Å². The molecule has 2 saturated heterocycles. The summed E-state index contributed by atoms with van der Waals surface area (Å²) in [6.07, 6.45) is 2.30. The van der Waals surface area contributed by atoms with Gasteiger partial charge < -0.3 is 14.7 Å². The Balaban J connectivity index is 1.58. The fraction of sp³-hybridized carbons (Fsp3) is 0.346. The number of aromatic nitrogens is 2. The normalized spacial score (nSPS) is 20.1. The van der Waals surface area contributed by atoms with Crippen molar-refractivity contribution in [3.63, 3.8) is 0 Å². The number of carbonyl (C=O) groups excluding carboxylic acids is 2. The van der Waals surface area contributed by atoms with E-state index in [2.05, 4.69) is 9.88 Å². The number of fused-ring (bicyclic) bond motifs is 1. The number of non-ortho nitro benzene ring substituents is 1. The molecule has 1 amide bonds. The van der Waals surface area contributed by atoms with Crippen LogP contribution < -0.4 is 0 Å². The predicted octanol–water partition coefficient (Wildman–Crippen LogP) is 2.69. The lowest BCUT2D eigenvalue weighted by Crippen LogP contribution is -2.39. The maximum Gasteiger partial charge on any atom is 0.295 e. The molecule has 0 radical (unpaired) electrons. The smallest absolute Gasteiger partial charge is 0.295 e. The van der Waals surface area contributed by atoms with Crippen LogP contribution in [0.3, 0.4) is 0 Å². The number of nitrogens with zero attached hydrogens (tertiary/aromatic N) is 5. The van der Waals surface area contributed by atoms with Crippen LogP contribution in [0.15, 0.2) is 54.2 Å². The number of amides is 1. The van der Waals surface area contributed by atoms with E-state index >= 15 is 0 Å². The highest BCUT2D eigenvalue weighted by Gasteiger charge is 2.46. The molecule has 5 rings (SSSR count). The lowest BCUT2D eigenvalue weighted by atomic mass is 9.96. The second-order valence-electron chi connectivity index (χ2n) is 9.13. The standard InChI is InChI=1S/C26H27N5O6/c1-17-22(29-10-3-2-8-20(29)27-17)24(32)21-23(18-6-4-7-19(16-18)31(35)36)30(26(34)25(21)33)11-5-9-28-12-14-37-15-13-28/h2-4,6-8,10,16,23,32H,5,9,11-15H2,1H3/t23-/m1/s1. The summed E-state index contributed by atoms with van der Waals surface area (Å²) in [7, 11) is 0. The number of ether oxygens (including phenoxy) is 1. The van der Waals surface area contributed by atoms with Crippen LogP contribution >= 0.6 is 0 Å².